The predicted molar refractivity (Wildman–Crippen MR) is 121 cm³/mol. The molecule has 0 atom stereocenters. The number of aromatic nitrogens is 1. The summed E-state index contributed by atoms with van der Waals surface area (Å²) in [4.78, 5) is 18.2. The van der Waals surface area contributed by atoms with Crippen molar-refractivity contribution >= 4 is 28.2 Å². The zero-order valence-electron chi connectivity index (χ0n) is 17.2. The van der Waals surface area contributed by atoms with E-state index in [1.54, 1.807) is 0 Å². The molecule has 160 valence electrons. The molecule has 30 heavy (non-hydrogen) atoms. The van der Waals surface area contributed by atoms with Crippen LogP contribution in [0.2, 0.25) is 0 Å². The Bertz CT molecular complexity index is 993. The summed E-state index contributed by atoms with van der Waals surface area (Å²) < 4.78 is 10.9. The van der Waals surface area contributed by atoms with Gasteiger partial charge in [0, 0.05) is 29.1 Å². The van der Waals surface area contributed by atoms with Crippen LogP contribution in [0.15, 0.2) is 23.0 Å². The van der Waals surface area contributed by atoms with E-state index in [0.29, 0.717) is 24.4 Å². The first-order chi connectivity index (χ1) is 14.7. The van der Waals surface area contributed by atoms with E-state index in [-0.39, 0.29) is 12.4 Å². The van der Waals surface area contributed by atoms with Crippen LogP contribution in [0.1, 0.15) is 63.4 Å². The van der Waals surface area contributed by atoms with Crippen LogP contribution >= 0.6 is 12.2 Å². The Kier molecular flexibility index (Phi) is 5.54. The molecule has 1 aliphatic heterocycles. The number of fused-ring (bicyclic) bond motifs is 2. The van der Waals surface area contributed by atoms with E-state index in [2.05, 4.69) is 15.2 Å². The molecule has 2 aliphatic carbocycles. The average Bonchev–Trinajstić information content (AvgIpc) is 3.43. The molecular formula is C23H29N3O3S. The molecule has 0 bridgehead atoms. The van der Waals surface area contributed by atoms with Crippen molar-refractivity contribution in [1.29, 1.82) is 0 Å². The van der Waals surface area contributed by atoms with Crippen molar-refractivity contribution in [3.63, 3.8) is 0 Å². The lowest BCUT2D eigenvalue weighted by atomic mass is 9.96. The molecule has 2 heterocycles. The maximum Gasteiger partial charge on any atom is 0.253 e. The molecular weight excluding hydrogens is 398 g/mol. The van der Waals surface area contributed by atoms with Gasteiger partial charge in [-0.3, -0.25) is 4.79 Å². The SMILES string of the molecule is O=c1[nH]c2cc3c(cc2cc1CN(C(=S)NC1CCCCC1)C1CCCC1)OCO3. The number of hydrogen-bond acceptors (Lipinski definition) is 4. The number of H-pyrrole nitrogens is 1. The molecule has 7 heteroatoms. The molecule has 0 saturated heterocycles. The molecule has 2 N–H and O–H groups in total. The normalized spacial score (nSPS) is 19.3. The topological polar surface area (TPSA) is 66.6 Å². The minimum atomic E-state index is -0.0650. The Morgan fingerprint density at radius 1 is 1.03 bits per heavy atom. The fourth-order valence-electron chi connectivity index (χ4n) is 5.03. The van der Waals surface area contributed by atoms with Gasteiger partial charge >= 0.3 is 0 Å². The largest absolute Gasteiger partial charge is 0.454 e. The summed E-state index contributed by atoms with van der Waals surface area (Å²) in [5, 5.41) is 5.37. The summed E-state index contributed by atoms with van der Waals surface area (Å²) in [7, 11) is 0. The van der Waals surface area contributed by atoms with Crippen LogP contribution in [0.4, 0.5) is 0 Å². The van der Waals surface area contributed by atoms with Crippen molar-refractivity contribution in [2.75, 3.05) is 6.79 Å². The van der Waals surface area contributed by atoms with Crippen LogP contribution in [0.5, 0.6) is 11.5 Å². The Hall–Kier alpha value is -2.28. The maximum atomic E-state index is 12.9. The van der Waals surface area contributed by atoms with Crippen molar-refractivity contribution in [3.05, 3.63) is 34.1 Å². The van der Waals surface area contributed by atoms with Crippen LogP contribution in [-0.4, -0.2) is 33.9 Å². The third-order valence-electron chi connectivity index (χ3n) is 6.71. The maximum absolute atomic E-state index is 12.9. The first-order valence-electron chi connectivity index (χ1n) is 11.2. The minimum Gasteiger partial charge on any atom is -0.454 e. The zero-order chi connectivity index (χ0) is 20.5. The molecule has 6 nitrogen and oxygen atoms in total. The summed E-state index contributed by atoms with van der Waals surface area (Å²) in [5.74, 6) is 1.40. The molecule has 0 amide bonds. The van der Waals surface area contributed by atoms with Crippen LogP contribution in [0.25, 0.3) is 10.9 Å². The third kappa shape index (κ3) is 4.00. The number of nitrogens with zero attached hydrogens (tertiary/aromatic N) is 1. The second-order valence-corrected chi connectivity index (χ2v) is 9.15. The van der Waals surface area contributed by atoms with Crippen LogP contribution in [0.3, 0.4) is 0 Å². The molecule has 5 rings (SSSR count). The molecule has 3 aliphatic rings. The van der Waals surface area contributed by atoms with E-state index in [1.807, 2.05) is 18.2 Å². The highest BCUT2D eigenvalue weighted by Crippen LogP contribution is 2.35. The molecule has 1 aromatic heterocycles. The molecule has 1 aromatic carbocycles. The van der Waals surface area contributed by atoms with E-state index in [9.17, 15) is 4.79 Å². The standard InChI is InChI=1S/C23H29N3O3S/c27-22-16(10-15-11-20-21(29-14-28-20)12-19(15)25-22)13-26(18-8-4-5-9-18)23(30)24-17-6-2-1-3-7-17/h10-12,17-18H,1-9,13-14H2,(H,24,30)(H,25,27). The second kappa shape index (κ2) is 8.46. The predicted octanol–water partition coefficient (Wildman–Crippen LogP) is 4.21. The minimum absolute atomic E-state index is 0.0650. The van der Waals surface area contributed by atoms with Gasteiger partial charge in [-0.1, -0.05) is 32.1 Å². The second-order valence-electron chi connectivity index (χ2n) is 8.77. The van der Waals surface area contributed by atoms with Crippen molar-refractivity contribution in [3.8, 4) is 11.5 Å². The van der Waals surface area contributed by atoms with E-state index in [4.69, 9.17) is 21.7 Å². The molecule has 2 fully saturated rings. The highest BCUT2D eigenvalue weighted by atomic mass is 32.1. The lowest BCUT2D eigenvalue weighted by Crippen LogP contribution is -2.49. The summed E-state index contributed by atoms with van der Waals surface area (Å²) in [6.07, 6.45) is 10.9. The number of aromatic amines is 1. The van der Waals surface area contributed by atoms with Crippen molar-refractivity contribution in [1.82, 2.24) is 15.2 Å². The number of ether oxygens (including phenoxy) is 2. The first-order valence-corrected chi connectivity index (χ1v) is 11.6. The lowest BCUT2D eigenvalue weighted by Gasteiger charge is -2.34. The van der Waals surface area contributed by atoms with Crippen molar-refractivity contribution < 1.29 is 9.47 Å². The van der Waals surface area contributed by atoms with Gasteiger partial charge in [0.15, 0.2) is 16.6 Å². The van der Waals surface area contributed by atoms with Gasteiger partial charge in [-0.2, -0.15) is 0 Å². The summed E-state index contributed by atoms with van der Waals surface area (Å²) in [6, 6.07) is 6.62. The molecule has 0 radical (unpaired) electrons. The van der Waals surface area contributed by atoms with Crippen LogP contribution in [0, 0.1) is 0 Å². The molecule has 2 saturated carbocycles. The van der Waals surface area contributed by atoms with Gasteiger partial charge in [-0.05, 0) is 50.0 Å². The van der Waals surface area contributed by atoms with Crippen LogP contribution < -0.4 is 20.3 Å². The van der Waals surface area contributed by atoms with Gasteiger partial charge in [-0.25, -0.2) is 0 Å². The van der Waals surface area contributed by atoms with Gasteiger partial charge in [-0.15, -0.1) is 0 Å². The number of rotatable bonds is 4. The number of nitrogens with one attached hydrogen (secondary N) is 2. The highest BCUT2D eigenvalue weighted by molar-refractivity contribution is 7.80. The number of thiocarbonyl (C=S) groups is 1. The summed E-state index contributed by atoms with van der Waals surface area (Å²) in [6.45, 7) is 0.752. The fraction of sp³-hybridized carbons (Fsp3) is 0.565. The van der Waals surface area contributed by atoms with Gasteiger partial charge in [0.2, 0.25) is 6.79 Å². The first kappa shape index (κ1) is 19.7. The Labute approximate surface area is 181 Å². The highest BCUT2D eigenvalue weighted by Gasteiger charge is 2.27. The Morgan fingerprint density at radius 2 is 1.73 bits per heavy atom. The summed E-state index contributed by atoms with van der Waals surface area (Å²) >= 11 is 5.86. The van der Waals surface area contributed by atoms with Gasteiger partial charge in [0.05, 0.1) is 12.1 Å². The quantitative estimate of drug-likeness (QED) is 0.713. The van der Waals surface area contributed by atoms with Gasteiger partial charge in [0.25, 0.3) is 5.56 Å². The number of benzene rings is 1. The average molecular weight is 428 g/mol. The lowest BCUT2D eigenvalue weighted by molar-refractivity contribution is 0.174. The van der Waals surface area contributed by atoms with E-state index in [1.165, 1.54) is 44.9 Å². The molecule has 2 aromatic rings. The smallest absolute Gasteiger partial charge is 0.253 e. The van der Waals surface area contributed by atoms with Crippen molar-refractivity contribution in [2.24, 2.45) is 0 Å². The monoisotopic (exact) mass is 427 g/mol. The molecule has 0 unspecified atom stereocenters. The Balaban J connectivity index is 1.41. The van der Waals surface area contributed by atoms with Crippen molar-refractivity contribution in [2.45, 2.75) is 76.4 Å². The summed E-state index contributed by atoms with van der Waals surface area (Å²) in [5.41, 5.74) is 1.44. The van der Waals surface area contributed by atoms with E-state index >= 15 is 0 Å². The van der Waals surface area contributed by atoms with Gasteiger partial charge < -0.3 is 24.7 Å². The third-order valence-corrected chi connectivity index (χ3v) is 7.07. The Morgan fingerprint density at radius 3 is 2.50 bits per heavy atom. The molecule has 0 spiro atoms. The van der Waals surface area contributed by atoms with Crippen LogP contribution in [-0.2, 0) is 6.54 Å². The van der Waals surface area contributed by atoms with Gasteiger partial charge in [0.1, 0.15) is 0 Å². The zero-order valence-corrected chi connectivity index (χ0v) is 18.1. The number of pyridine rings is 1. The number of hydrogen-bond donors (Lipinski definition) is 2. The van der Waals surface area contributed by atoms with E-state index in [0.717, 1.165) is 40.2 Å². The fourth-order valence-corrected chi connectivity index (χ4v) is 5.41. The van der Waals surface area contributed by atoms with E-state index < -0.39 is 0 Å².